The van der Waals surface area contributed by atoms with E-state index < -0.39 is 0 Å². The van der Waals surface area contributed by atoms with Crippen LogP contribution in [0.25, 0.3) is 0 Å². The molecule has 5 nitrogen and oxygen atoms in total. The van der Waals surface area contributed by atoms with E-state index in [9.17, 15) is 4.79 Å². The van der Waals surface area contributed by atoms with Gasteiger partial charge in [-0.1, -0.05) is 0 Å². The number of pyridine rings is 1. The van der Waals surface area contributed by atoms with E-state index in [2.05, 4.69) is 15.6 Å². The number of ether oxygens (including phenoxy) is 1. The van der Waals surface area contributed by atoms with Crippen LogP contribution in [0.5, 0.6) is 0 Å². The van der Waals surface area contributed by atoms with Gasteiger partial charge >= 0.3 is 0 Å². The number of nitrogens with zero attached hydrogens (tertiary/aromatic N) is 1. The molecule has 1 rings (SSSR count). The van der Waals surface area contributed by atoms with E-state index in [1.807, 2.05) is 13.8 Å². The lowest BCUT2D eigenvalue weighted by atomic mass is 10.2. The standard InChI is InChI=1S/C12H19N3O2/c1-9(2)17-7-6-14-12(16)10-4-5-11(13-3)15-8-10/h4-5,8-9H,6-7H2,1-3H3,(H,13,15)(H,14,16). The van der Waals surface area contributed by atoms with Crippen LogP contribution in [-0.4, -0.2) is 37.2 Å². The molecule has 0 radical (unpaired) electrons. The third kappa shape index (κ3) is 4.82. The summed E-state index contributed by atoms with van der Waals surface area (Å²) in [5.74, 6) is 0.609. The van der Waals surface area contributed by atoms with Gasteiger partial charge in [-0.15, -0.1) is 0 Å². The van der Waals surface area contributed by atoms with Crippen LogP contribution in [0.15, 0.2) is 18.3 Å². The molecule has 0 spiro atoms. The molecule has 0 aliphatic carbocycles. The molecular weight excluding hydrogens is 218 g/mol. The number of hydrogen-bond acceptors (Lipinski definition) is 4. The van der Waals surface area contributed by atoms with E-state index in [0.29, 0.717) is 18.7 Å². The lowest BCUT2D eigenvalue weighted by Crippen LogP contribution is -2.28. The summed E-state index contributed by atoms with van der Waals surface area (Å²) >= 11 is 0. The highest BCUT2D eigenvalue weighted by atomic mass is 16.5. The van der Waals surface area contributed by atoms with Crippen LogP contribution >= 0.6 is 0 Å². The Morgan fingerprint density at radius 2 is 2.24 bits per heavy atom. The van der Waals surface area contributed by atoms with Crippen LogP contribution in [0, 0.1) is 0 Å². The number of anilines is 1. The first-order valence-electron chi connectivity index (χ1n) is 5.67. The van der Waals surface area contributed by atoms with Crippen LogP contribution in [0.1, 0.15) is 24.2 Å². The van der Waals surface area contributed by atoms with Crippen molar-refractivity contribution in [3.63, 3.8) is 0 Å². The monoisotopic (exact) mass is 237 g/mol. The molecule has 0 aliphatic heterocycles. The number of amides is 1. The number of hydrogen-bond donors (Lipinski definition) is 2. The van der Waals surface area contributed by atoms with Crippen LogP contribution < -0.4 is 10.6 Å². The molecule has 1 aromatic heterocycles. The summed E-state index contributed by atoms with van der Waals surface area (Å²) in [6.07, 6.45) is 1.73. The summed E-state index contributed by atoms with van der Waals surface area (Å²) in [5, 5.41) is 5.66. The first-order chi connectivity index (χ1) is 8.13. The van der Waals surface area contributed by atoms with Gasteiger partial charge in [-0.05, 0) is 26.0 Å². The number of carbonyl (C=O) groups excluding carboxylic acids is 1. The van der Waals surface area contributed by atoms with Gasteiger partial charge in [-0.2, -0.15) is 0 Å². The van der Waals surface area contributed by atoms with Crippen molar-refractivity contribution >= 4 is 11.7 Å². The summed E-state index contributed by atoms with van der Waals surface area (Å²) in [5.41, 5.74) is 0.550. The summed E-state index contributed by atoms with van der Waals surface area (Å²) in [6, 6.07) is 3.50. The van der Waals surface area contributed by atoms with Gasteiger partial charge in [0.15, 0.2) is 0 Å². The van der Waals surface area contributed by atoms with E-state index in [-0.39, 0.29) is 12.0 Å². The maximum absolute atomic E-state index is 11.7. The number of aromatic nitrogens is 1. The van der Waals surface area contributed by atoms with Gasteiger partial charge < -0.3 is 15.4 Å². The quantitative estimate of drug-likeness (QED) is 0.732. The Hall–Kier alpha value is -1.62. The molecule has 2 N–H and O–H groups in total. The smallest absolute Gasteiger partial charge is 0.252 e. The highest BCUT2D eigenvalue weighted by Gasteiger charge is 2.05. The first kappa shape index (κ1) is 13.4. The maximum Gasteiger partial charge on any atom is 0.252 e. The van der Waals surface area contributed by atoms with Crippen molar-refractivity contribution in [2.75, 3.05) is 25.5 Å². The van der Waals surface area contributed by atoms with Crippen molar-refractivity contribution in [2.45, 2.75) is 20.0 Å². The Morgan fingerprint density at radius 1 is 1.47 bits per heavy atom. The molecule has 5 heteroatoms. The predicted molar refractivity (Wildman–Crippen MR) is 67.2 cm³/mol. The van der Waals surface area contributed by atoms with E-state index in [0.717, 1.165) is 5.82 Å². The van der Waals surface area contributed by atoms with Gasteiger partial charge in [0.25, 0.3) is 5.91 Å². The average Bonchev–Trinajstić information content (AvgIpc) is 2.34. The minimum absolute atomic E-state index is 0.132. The van der Waals surface area contributed by atoms with Crippen molar-refractivity contribution in [1.29, 1.82) is 0 Å². The molecule has 1 aromatic rings. The van der Waals surface area contributed by atoms with Gasteiger partial charge in [0.1, 0.15) is 5.82 Å². The Balaban J connectivity index is 2.36. The van der Waals surface area contributed by atoms with E-state index in [4.69, 9.17) is 4.74 Å². The number of carbonyl (C=O) groups is 1. The molecule has 0 atom stereocenters. The summed E-state index contributed by atoms with van der Waals surface area (Å²) < 4.78 is 5.32. The highest BCUT2D eigenvalue weighted by molar-refractivity contribution is 5.94. The Morgan fingerprint density at radius 3 is 2.76 bits per heavy atom. The lowest BCUT2D eigenvalue weighted by Gasteiger charge is -2.08. The van der Waals surface area contributed by atoms with Crippen molar-refractivity contribution in [3.05, 3.63) is 23.9 Å². The Labute approximate surface area is 102 Å². The zero-order valence-corrected chi connectivity index (χ0v) is 10.5. The second kappa shape index (κ2) is 6.85. The van der Waals surface area contributed by atoms with Crippen LogP contribution in [0.2, 0.25) is 0 Å². The van der Waals surface area contributed by atoms with Crippen molar-refractivity contribution in [1.82, 2.24) is 10.3 Å². The maximum atomic E-state index is 11.7. The molecular formula is C12H19N3O2. The van der Waals surface area contributed by atoms with Crippen molar-refractivity contribution in [2.24, 2.45) is 0 Å². The first-order valence-corrected chi connectivity index (χ1v) is 5.67. The summed E-state index contributed by atoms with van der Waals surface area (Å²) in [4.78, 5) is 15.7. The largest absolute Gasteiger partial charge is 0.377 e. The molecule has 94 valence electrons. The second-order valence-electron chi connectivity index (χ2n) is 3.86. The number of rotatable bonds is 6. The number of nitrogens with one attached hydrogen (secondary N) is 2. The molecule has 1 heterocycles. The molecule has 0 bridgehead atoms. The molecule has 1 amide bonds. The Kier molecular flexibility index (Phi) is 5.42. The minimum Gasteiger partial charge on any atom is -0.377 e. The third-order valence-corrected chi connectivity index (χ3v) is 2.12. The van der Waals surface area contributed by atoms with Crippen molar-refractivity contribution in [3.8, 4) is 0 Å². The zero-order valence-electron chi connectivity index (χ0n) is 10.5. The van der Waals surface area contributed by atoms with E-state index in [1.165, 1.54) is 0 Å². The highest BCUT2D eigenvalue weighted by Crippen LogP contribution is 2.03. The average molecular weight is 237 g/mol. The molecule has 0 unspecified atom stereocenters. The molecule has 0 fully saturated rings. The topological polar surface area (TPSA) is 63.2 Å². The van der Waals surface area contributed by atoms with E-state index >= 15 is 0 Å². The second-order valence-corrected chi connectivity index (χ2v) is 3.86. The predicted octanol–water partition coefficient (Wildman–Crippen LogP) is 1.28. The van der Waals surface area contributed by atoms with Gasteiger partial charge in [0, 0.05) is 19.8 Å². The fourth-order valence-electron chi connectivity index (χ4n) is 1.24. The normalized spacial score (nSPS) is 10.4. The van der Waals surface area contributed by atoms with E-state index in [1.54, 1.807) is 25.4 Å². The summed E-state index contributed by atoms with van der Waals surface area (Å²) in [6.45, 7) is 4.95. The van der Waals surface area contributed by atoms with Crippen LogP contribution in [0.3, 0.4) is 0 Å². The molecule has 0 aromatic carbocycles. The molecule has 0 saturated heterocycles. The molecule has 0 saturated carbocycles. The fraction of sp³-hybridized carbons (Fsp3) is 0.500. The lowest BCUT2D eigenvalue weighted by molar-refractivity contribution is 0.0746. The van der Waals surface area contributed by atoms with Crippen molar-refractivity contribution < 1.29 is 9.53 Å². The molecule has 17 heavy (non-hydrogen) atoms. The van der Waals surface area contributed by atoms with Gasteiger partial charge in [-0.3, -0.25) is 4.79 Å². The van der Waals surface area contributed by atoms with Gasteiger partial charge in [0.05, 0.1) is 18.3 Å². The zero-order chi connectivity index (χ0) is 12.7. The third-order valence-electron chi connectivity index (χ3n) is 2.12. The summed E-state index contributed by atoms with van der Waals surface area (Å²) in [7, 11) is 1.78. The minimum atomic E-state index is -0.132. The Bertz CT molecular complexity index is 349. The SMILES string of the molecule is CNc1ccc(C(=O)NCCOC(C)C)cn1. The van der Waals surface area contributed by atoms with Gasteiger partial charge in [-0.25, -0.2) is 4.98 Å². The molecule has 0 aliphatic rings. The van der Waals surface area contributed by atoms with Gasteiger partial charge in [0.2, 0.25) is 0 Å². The van der Waals surface area contributed by atoms with Crippen LogP contribution in [0.4, 0.5) is 5.82 Å². The fourth-order valence-corrected chi connectivity index (χ4v) is 1.24. The van der Waals surface area contributed by atoms with Crippen LogP contribution in [-0.2, 0) is 4.74 Å².